The van der Waals surface area contributed by atoms with E-state index in [4.69, 9.17) is 17.4 Å². The Morgan fingerprint density at radius 1 is 1.80 bits per heavy atom. The van der Waals surface area contributed by atoms with Crippen LogP contribution in [0.4, 0.5) is 0 Å². The predicted molar refractivity (Wildman–Crippen MR) is 43.0 cm³/mol. The second-order valence-electron chi connectivity index (χ2n) is 1.80. The summed E-state index contributed by atoms with van der Waals surface area (Å²) in [6, 6.07) is 0. The molecule has 10 heavy (non-hydrogen) atoms. The molecule has 3 N–H and O–H groups in total. The smallest absolute Gasteiger partial charge is 0.183 e. The van der Waals surface area contributed by atoms with Crippen LogP contribution in [0, 0.1) is 0 Å². The van der Waals surface area contributed by atoms with Crippen molar-refractivity contribution in [1.29, 1.82) is 0 Å². The Labute approximate surface area is 68.2 Å². The molecule has 0 radical (unpaired) electrons. The fraction of sp³-hybridized carbons (Fsp3) is 0.400. The Balaban J connectivity index is 2.42. The van der Waals surface area contributed by atoms with E-state index >= 15 is 0 Å². The van der Waals surface area contributed by atoms with Crippen molar-refractivity contribution < 1.29 is 0 Å². The average Bonchev–Trinajstić information content (AvgIpc) is 2.31. The van der Waals surface area contributed by atoms with Crippen molar-refractivity contribution in [2.45, 2.75) is 6.42 Å². The first-order chi connectivity index (χ1) is 4.83. The molecule has 5 heteroatoms. The minimum atomic E-state index is 0.590. The highest BCUT2D eigenvalue weighted by Crippen LogP contribution is 2.14. The topological polar surface area (TPSA) is 50.9 Å². The zero-order valence-corrected chi connectivity index (χ0v) is 6.87. The van der Waals surface area contributed by atoms with Crippen LogP contribution in [-0.4, -0.2) is 11.5 Å². The molecule has 0 atom stereocenters. The summed E-state index contributed by atoms with van der Waals surface area (Å²) in [7, 11) is 0. The number of rotatable bonds is 3. The number of nitrogens with zero attached hydrogens (tertiary/aromatic N) is 1. The molecule has 1 heterocycles. The van der Waals surface area contributed by atoms with Crippen molar-refractivity contribution in [1.82, 2.24) is 10.4 Å². The lowest BCUT2D eigenvalue weighted by Gasteiger charge is -1.92. The van der Waals surface area contributed by atoms with Crippen molar-refractivity contribution in [3.63, 3.8) is 0 Å². The lowest BCUT2D eigenvalue weighted by Crippen LogP contribution is -2.24. The predicted octanol–water partition coefficient (Wildman–Crippen LogP) is 0.802. The Hall–Kier alpha value is -0.160. The van der Waals surface area contributed by atoms with Crippen LogP contribution >= 0.6 is 22.9 Å². The summed E-state index contributed by atoms with van der Waals surface area (Å²) < 4.78 is 0.590. The molecule has 56 valence electrons. The quantitative estimate of drug-likeness (QED) is 0.531. The fourth-order valence-corrected chi connectivity index (χ4v) is 1.41. The number of aromatic nitrogens is 1. The van der Waals surface area contributed by atoms with Crippen LogP contribution in [0.5, 0.6) is 0 Å². The first-order valence-electron chi connectivity index (χ1n) is 2.86. The maximum atomic E-state index is 5.60. The van der Waals surface area contributed by atoms with Crippen LogP contribution in [-0.2, 0) is 6.42 Å². The standard InChI is InChI=1S/C5H8ClN3S/c6-5-9-4(3-10-5)1-2-8-7/h3,8H,1-2,7H2. The highest BCUT2D eigenvalue weighted by molar-refractivity contribution is 7.13. The Bertz CT molecular complexity index is 201. The van der Waals surface area contributed by atoms with E-state index in [-0.39, 0.29) is 0 Å². The second kappa shape index (κ2) is 3.88. The lowest BCUT2D eigenvalue weighted by atomic mass is 10.3. The van der Waals surface area contributed by atoms with Crippen LogP contribution in [0.1, 0.15) is 5.69 Å². The van der Waals surface area contributed by atoms with Gasteiger partial charge in [0.05, 0.1) is 5.69 Å². The molecule has 0 fully saturated rings. The van der Waals surface area contributed by atoms with Crippen molar-refractivity contribution in [3.05, 3.63) is 15.5 Å². The number of thiazole rings is 1. The monoisotopic (exact) mass is 177 g/mol. The van der Waals surface area contributed by atoms with E-state index in [9.17, 15) is 0 Å². The first kappa shape index (κ1) is 7.94. The van der Waals surface area contributed by atoms with E-state index < -0.39 is 0 Å². The largest absolute Gasteiger partial charge is 0.271 e. The molecule has 0 bridgehead atoms. The average molecular weight is 178 g/mol. The lowest BCUT2D eigenvalue weighted by molar-refractivity contribution is 0.721. The Morgan fingerprint density at radius 2 is 2.60 bits per heavy atom. The number of nitrogens with one attached hydrogen (secondary N) is 1. The third kappa shape index (κ3) is 2.22. The number of hydrazine groups is 1. The van der Waals surface area contributed by atoms with Gasteiger partial charge in [-0.2, -0.15) is 0 Å². The minimum absolute atomic E-state index is 0.590. The normalized spacial score (nSPS) is 10.2. The summed E-state index contributed by atoms with van der Waals surface area (Å²) in [4.78, 5) is 4.04. The van der Waals surface area contributed by atoms with E-state index in [0.29, 0.717) is 4.47 Å². The molecule has 3 nitrogen and oxygen atoms in total. The van der Waals surface area contributed by atoms with Gasteiger partial charge in [-0.05, 0) is 0 Å². The zero-order valence-electron chi connectivity index (χ0n) is 5.30. The van der Waals surface area contributed by atoms with Gasteiger partial charge in [0, 0.05) is 18.3 Å². The molecule has 0 unspecified atom stereocenters. The van der Waals surface area contributed by atoms with Gasteiger partial charge in [0.1, 0.15) is 0 Å². The van der Waals surface area contributed by atoms with Gasteiger partial charge in [0.15, 0.2) is 4.47 Å². The second-order valence-corrected chi connectivity index (χ2v) is 3.24. The molecular weight excluding hydrogens is 170 g/mol. The van der Waals surface area contributed by atoms with Gasteiger partial charge >= 0.3 is 0 Å². The molecule has 0 amide bonds. The SMILES string of the molecule is NNCCc1csc(Cl)n1. The molecule has 1 aromatic heterocycles. The number of halogens is 1. The van der Waals surface area contributed by atoms with E-state index in [2.05, 4.69) is 10.4 Å². The minimum Gasteiger partial charge on any atom is -0.271 e. The zero-order chi connectivity index (χ0) is 7.40. The highest BCUT2D eigenvalue weighted by atomic mass is 35.5. The summed E-state index contributed by atoms with van der Waals surface area (Å²) in [5.41, 5.74) is 3.54. The van der Waals surface area contributed by atoms with E-state index in [0.717, 1.165) is 18.7 Å². The highest BCUT2D eigenvalue weighted by Gasteiger charge is 1.96. The summed E-state index contributed by atoms with van der Waals surface area (Å²) >= 11 is 7.04. The number of hydrogen-bond donors (Lipinski definition) is 2. The summed E-state index contributed by atoms with van der Waals surface area (Å²) in [5.74, 6) is 5.08. The molecular formula is C5H8ClN3S. The van der Waals surface area contributed by atoms with Gasteiger partial charge in [-0.25, -0.2) is 4.98 Å². The van der Waals surface area contributed by atoms with Gasteiger partial charge in [-0.3, -0.25) is 11.3 Å². The molecule has 1 rings (SSSR count). The van der Waals surface area contributed by atoms with E-state index in [1.807, 2.05) is 5.38 Å². The third-order valence-corrected chi connectivity index (χ3v) is 2.08. The Kier molecular flexibility index (Phi) is 3.08. The van der Waals surface area contributed by atoms with Crippen molar-refractivity contribution in [3.8, 4) is 0 Å². The van der Waals surface area contributed by atoms with Crippen LogP contribution in [0.15, 0.2) is 5.38 Å². The number of hydrogen-bond acceptors (Lipinski definition) is 4. The van der Waals surface area contributed by atoms with Crippen LogP contribution in [0.25, 0.3) is 0 Å². The summed E-state index contributed by atoms with van der Waals surface area (Å²) in [6.45, 7) is 0.736. The first-order valence-corrected chi connectivity index (χ1v) is 4.12. The molecule has 0 aliphatic heterocycles. The van der Waals surface area contributed by atoms with Gasteiger partial charge in [0.25, 0.3) is 0 Å². The van der Waals surface area contributed by atoms with Gasteiger partial charge in [-0.15, -0.1) is 11.3 Å². The van der Waals surface area contributed by atoms with Crippen molar-refractivity contribution >= 4 is 22.9 Å². The van der Waals surface area contributed by atoms with Crippen LogP contribution < -0.4 is 11.3 Å². The molecule has 0 aromatic carbocycles. The van der Waals surface area contributed by atoms with Crippen LogP contribution in [0.3, 0.4) is 0 Å². The molecule has 0 aliphatic carbocycles. The van der Waals surface area contributed by atoms with Crippen molar-refractivity contribution in [2.24, 2.45) is 5.84 Å². The van der Waals surface area contributed by atoms with Crippen LogP contribution in [0.2, 0.25) is 4.47 Å². The molecule has 0 aliphatic rings. The van der Waals surface area contributed by atoms with E-state index in [1.165, 1.54) is 11.3 Å². The fourth-order valence-electron chi connectivity index (χ4n) is 0.597. The molecule has 0 saturated carbocycles. The maximum Gasteiger partial charge on any atom is 0.183 e. The van der Waals surface area contributed by atoms with Gasteiger partial charge in [0.2, 0.25) is 0 Å². The number of nitrogens with two attached hydrogens (primary N) is 1. The van der Waals surface area contributed by atoms with E-state index in [1.54, 1.807) is 0 Å². The summed E-state index contributed by atoms with van der Waals surface area (Å²) in [5, 5.41) is 1.93. The molecule has 1 aromatic rings. The maximum absolute atomic E-state index is 5.60. The summed E-state index contributed by atoms with van der Waals surface area (Å²) in [6.07, 6.45) is 0.833. The van der Waals surface area contributed by atoms with Gasteiger partial charge < -0.3 is 0 Å². The van der Waals surface area contributed by atoms with Crippen molar-refractivity contribution in [2.75, 3.05) is 6.54 Å². The molecule has 0 saturated heterocycles. The molecule has 0 spiro atoms. The third-order valence-electron chi connectivity index (χ3n) is 1.05. The Morgan fingerprint density at radius 3 is 3.10 bits per heavy atom. The van der Waals surface area contributed by atoms with Gasteiger partial charge in [-0.1, -0.05) is 11.6 Å².